The Hall–Kier alpha value is -4.76. The van der Waals surface area contributed by atoms with Crippen LogP contribution in [0.25, 0.3) is 0 Å². The third kappa shape index (κ3) is 16.2. The fourth-order valence-electron chi connectivity index (χ4n) is 11.2. The molecule has 4 aliphatic heterocycles. The van der Waals surface area contributed by atoms with Gasteiger partial charge in [-0.2, -0.15) is 4.90 Å². The van der Waals surface area contributed by atoms with Crippen molar-refractivity contribution in [3.05, 3.63) is 47.6 Å². The number of rotatable bonds is 9. The first-order valence-corrected chi connectivity index (χ1v) is 27.3. The van der Waals surface area contributed by atoms with E-state index in [2.05, 4.69) is 0 Å². The number of hydrogen-bond acceptors (Lipinski definition) is 17. The lowest BCUT2D eigenvalue weighted by Crippen LogP contribution is -2.61. The summed E-state index contributed by atoms with van der Waals surface area (Å²) in [5.74, 6) is -10.0. The number of allylic oxidation sites excluding steroid dienone is 6. The summed E-state index contributed by atoms with van der Waals surface area (Å²) in [6, 6.07) is -1.22. The second-order valence-corrected chi connectivity index (χ2v) is 22.0. The van der Waals surface area contributed by atoms with Crippen molar-refractivity contribution in [2.45, 2.75) is 193 Å². The van der Waals surface area contributed by atoms with E-state index in [1.165, 1.54) is 7.11 Å². The zero-order chi connectivity index (χ0) is 56.0. The molecule has 3 saturated heterocycles. The fourth-order valence-corrected chi connectivity index (χ4v) is 11.2. The summed E-state index contributed by atoms with van der Waals surface area (Å²) in [4.78, 5) is 109. The average Bonchev–Trinajstić information content (AvgIpc) is 3.74. The number of Topliss-reactive ketones (excluding diaryl/α,β-unsaturated/α-hetero) is 3. The smallest absolute Gasteiger partial charge is 0.423 e. The van der Waals surface area contributed by atoms with E-state index in [1.807, 2.05) is 26.0 Å². The molecule has 76 heavy (non-hydrogen) atoms. The number of methoxy groups -OCH3 is 2. The van der Waals surface area contributed by atoms with Crippen LogP contribution in [0.1, 0.15) is 138 Å². The topological polar surface area (TPSA) is 259 Å². The third-order valence-electron chi connectivity index (χ3n) is 16.1. The largest absolute Gasteiger partial charge is 0.460 e. The Bertz CT molecular complexity index is 2190. The molecule has 5 aliphatic rings. The summed E-state index contributed by atoms with van der Waals surface area (Å²) in [7, 11) is 2.91. The van der Waals surface area contributed by atoms with Crippen LogP contribution in [0, 0.1) is 35.5 Å². The van der Waals surface area contributed by atoms with Gasteiger partial charge in [-0.15, -0.1) is 0 Å². The van der Waals surface area contributed by atoms with Gasteiger partial charge in [-0.1, -0.05) is 71.1 Å². The number of carbonyl (C=O) groups excluding carboxylic acids is 8. The van der Waals surface area contributed by atoms with Gasteiger partial charge in [0.15, 0.2) is 5.78 Å². The van der Waals surface area contributed by atoms with Crippen LogP contribution in [0.3, 0.4) is 0 Å². The van der Waals surface area contributed by atoms with Gasteiger partial charge in [0.2, 0.25) is 17.6 Å². The van der Waals surface area contributed by atoms with Crippen LogP contribution in [0.2, 0.25) is 0 Å². The first kappa shape index (κ1) is 62.1. The molecule has 4 amide bonds. The number of esters is 1. The molecule has 2 unspecified atom stereocenters. The monoisotopic (exact) mass is 1070 g/mol. The number of aliphatic hydroxyl groups is 3. The molecule has 0 aromatic rings. The highest BCUT2D eigenvalue weighted by molar-refractivity contribution is 6.39. The molecule has 15 atom stereocenters. The predicted octanol–water partition coefficient (Wildman–Crippen LogP) is 5.84. The zero-order valence-corrected chi connectivity index (χ0v) is 46.0. The van der Waals surface area contributed by atoms with Crippen molar-refractivity contribution in [1.82, 2.24) is 9.80 Å². The molecule has 0 radical (unpaired) electrons. The lowest BCUT2D eigenvalue weighted by Gasteiger charge is -2.42. The number of likely N-dealkylation sites (tertiary alicyclic amines) is 1. The van der Waals surface area contributed by atoms with Crippen molar-refractivity contribution in [3.63, 3.8) is 0 Å². The van der Waals surface area contributed by atoms with Gasteiger partial charge in [-0.25, -0.2) is 9.59 Å². The van der Waals surface area contributed by atoms with Gasteiger partial charge in [0, 0.05) is 64.2 Å². The molecular formula is C57H84N2O17. The number of hydrogen-bond donors (Lipinski definition) is 3. The molecule has 0 aromatic heterocycles. The van der Waals surface area contributed by atoms with Crippen LogP contribution in [0.5, 0.6) is 0 Å². The van der Waals surface area contributed by atoms with Gasteiger partial charge in [-0.05, 0) is 107 Å². The van der Waals surface area contributed by atoms with Gasteiger partial charge < -0.3 is 48.6 Å². The van der Waals surface area contributed by atoms with E-state index in [-0.39, 0.29) is 87.5 Å². The van der Waals surface area contributed by atoms with E-state index in [9.17, 15) is 53.7 Å². The van der Waals surface area contributed by atoms with Gasteiger partial charge >= 0.3 is 12.1 Å². The minimum absolute atomic E-state index is 0.00657. The van der Waals surface area contributed by atoms with Gasteiger partial charge in [-0.3, -0.25) is 28.8 Å². The Morgan fingerprint density at radius 3 is 2.22 bits per heavy atom. The lowest BCUT2D eigenvalue weighted by atomic mass is 9.78. The summed E-state index contributed by atoms with van der Waals surface area (Å²) in [5, 5.41) is 34.6. The predicted molar refractivity (Wildman–Crippen MR) is 277 cm³/mol. The number of nitrogens with zero attached hydrogens (tertiary/aromatic N) is 2. The number of amides is 4. The van der Waals surface area contributed by atoms with Crippen LogP contribution in [-0.2, 0) is 62.0 Å². The first-order chi connectivity index (χ1) is 36.0. The number of ketones is 3. The number of cyclic esters (lactones) is 1. The minimum atomic E-state index is -2.52. The Labute approximate surface area is 447 Å². The molecule has 1 aliphatic carbocycles. The van der Waals surface area contributed by atoms with E-state index in [4.69, 9.17) is 28.4 Å². The van der Waals surface area contributed by atoms with Gasteiger partial charge in [0.25, 0.3) is 11.7 Å². The molecule has 424 valence electrons. The molecule has 4 fully saturated rings. The molecule has 4 heterocycles. The van der Waals surface area contributed by atoms with Crippen LogP contribution in [0.15, 0.2) is 47.6 Å². The minimum Gasteiger partial charge on any atom is -0.460 e. The van der Waals surface area contributed by atoms with E-state index < -0.39 is 102 Å². The first-order valence-electron chi connectivity index (χ1n) is 27.3. The lowest BCUT2D eigenvalue weighted by molar-refractivity contribution is -0.265. The van der Waals surface area contributed by atoms with E-state index >= 15 is 0 Å². The summed E-state index contributed by atoms with van der Waals surface area (Å²) < 4.78 is 35.0. The Morgan fingerprint density at radius 1 is 0.829 bits per heavy atom. The molecule has 5 rings (SSSR count). The maximum absolute atomic E-state index is 14.5. The summed E-state index contributed by atoms with van der Waals surface area (Å²) in [6.45, 7) is 12.1. The number of ether oxygens (including phenoxy) is 6. The second-order valence-electron chi connectivity index (χ2n) is 22.0. The summed E-state index contributed by atoms with van der Waals surface area (Å²) >= 11 is 0. The summed E-state index contributed by atoms with van der Waals surface area (Å²) in [5.41, 5.74) is 0.946. The quantitative estimate of drug-likeness (QED) is 0.0806. The van der Waals surface area contributed by atoms with E-state index in [0.717, 1.165) is 4.90 Å². The Balaban J connectivity index is 1.38. The number of aliphatic hydroxyl groups excluding tert-OH is 2. The molecule has 19 heteroatoms. The van der Waals surface area contributed by atoms with Crippen LogP contribution < -0.4 is 0 Å². The fraction of sp³-hybridized carbons (Fsp3) is 0.719. The van der Waals surface area contributed by atoms with Crippen molar-refractivity contribution < 1.29 is 82.1 Å². The second kappa shape index (κ2) is 28.7. The maximum Gasteiger partial charge on any atom is 0.423 e. The number of imide groups is 3. The van der Waals surface area contributed by atoms with Crippen molar-refractivity contribution >= 4 is 47.1 Å². The average molecular weight is 1070 g/mol. The molecule has 0 aromatic carbocycles. The highest BCUT2D eigenvalue weighted by atomic mass is 16.6. The number of piperidine rings is 1. The molecule has 3 N–H and O–H groups in total. The van der Waals surface area contributed by atoms with E-state index in [0.29, 0.717) is 73.8 Å². The number of carbonyl (C=O) groups is 8. The van der Waals surface area contributed by atoms with Gasteiger partial charge in [0.1, 0.15) is 36.7 Å². The highest BCUT2D eigenvalue weighted by Crippen LogP contribution is 2.38. The zero-order valence-electron chi connectivity index (χ0n) is 46.0. The van der Waals surface area contributed by atoms with Crippen molar-refractivity contribution in [2.75, 3.05) is 34.0 Å². The normalized spacial score (nSPS) is 37.3. The molecule has 1 saturated carbocycles. The molecule has 0 spiro atoms. The standard InChI is InChI=1S/C57H84N2O17/c1-33-15-11-10-12-16-34(2)43(60)31-41-20-18-39(7)57(70,76-41)53(66)54(67)58-24-14-13-17-42(58)55(68)75-46(32-44(61)35(3)28-38(6)51(65)52(72-9)50(64)37(5)27-33)36(4)29-40-19-21-45(47(30-40)71-8)73-25-26-74-56(69)59-48(62)22-23-49(59)63/h10-12,15-16,28,33,35-37,39-43,45-47,51-52,60,65,70H,13-14,17-27,29-32H2,1-9H3/b12-10+,15-11+,34-16+,38-28+/t33-,35-,36-,37-,39-,40+,41+,42+,43+,45?,46+,47-,51-,52?,57-/m1/s1. The molecular weight excluding hydrogens is 985 g/mol. The Kier molecular flexibility index (Phi) is 23.5. The van der Waals surface area contributed by atoms with E-state index in [1.54, 1.807) is 66.0 Å². The Morgan fingerprint density at radius 2 is 1.54 bits per heavy atom. The highest BCUT2D eigenvalue weighted by Gasteiger charge is 2.53. The maximum atomic E-state index is 14.5. The molecule has 19 nitrogen and oxygen atoms in total. The summed E-state index contributed by atoms with van der Waals surface area (Å²) in [6.07, 6.45) is 7.82. The molecule has 2 bridgehead atoms. The third-order valence-corrected chi connectivity index (χ3v) is 16.1. The van der Waals surface area contributed by atoms with Crippen molar-refractivity contribution in [1.29, 1.82) is 0 Å². The van der Waals surface area contributed by atoms with Crippen LogP contribution >= 0.6 is 0 Å². The van der Waals surface area contributed by atoms with Gasteiger partial charge in [0.05, 0.1) is 31.0 Å². The SMILES string of the molecule is COC1C(=O)[C@H](C)C[C@H](C)/C=C/C=C/C=C(\C)[C@@H](O)C[C@@H]2CC[C@@H](C)[C@@](O)(O2)C(=O)C(=O)N2CCCC[C@H]2C(=O)O[C@H]([C@H](C)C[C@@H]2CCC(OCCOC(=O)N3C(=O)CCC3=O)[C@H](OC)C2)CC(=O)[C@H](C)/C=C(\C)[C@H]1O. The van der Waals surface area contributed by atoms with Crippen LogP contribution in [-0.4, -0.2) is 161 Å². The van der Waals surface area contributed by atoms with Crippen molar-refractivity contribution in [2.24, 2.45) is 35.5 Å². The van der Waals surface area contributed by atoms with Crippen molar-refractivity contribution in [3.8, 4) is 0 Å². The number of fused-ring (bicyclic) bond motifs is 3. The van der Waals surface area contributed by atoms with Crippen LogP contribution in [0.4, 0.5) is 4.79 Å².